The predicted molar refractivity (Wildman–Crippen MR) is 81.0 cm³/mol. The summed E-state index contributed by atoms with van der Waals surface area (Å²) < 4.78 is 5.88. The van der Waals surface area contributed by atoms with Crippen LogP contribution in [0.5, 0.6) is 5.75 Å². The lowest BCUT2D eigenvalue weighted by atomic mass is 10.0. The molecule has 3 N–H and O–H groups in total. The maximum Gasteiger partial charge on any atom is 0.130 e. The quantitative estimate of drug-likeness (QED) is 0.552. The van der Waals surface area contributed by atoms with Crippen LogP contribution in [0.2, 0.25) is 0 Å². The molecule has 0 saturated carbocycles. The van der Waals surface area contributed by atoms with Gasteiger partial charge in [0.1, 0.15) is 11.6 Å². The zero-order valence-electron chi connectivity index (χ0n) is 12.3. The molecule has 0 aliphatic rings. The highest BCUT2D eigenvalue weighted by molar-refractivity contribution is 5.97. The molecule has 0 aromatic heterocycles. The summed E-state index contributed by atoms with van der Waals surface area (Å²) in [6.07, 6.45) is 4.80. The van der Waals surface area contributed by atoms with Gasteiger partial charge in [0.05, 0.1) is 12.2 Å². The average molecular weight is 262 g/mol. The molecular formula is C16H26N2O. The molecule has 0 aliphatic carbocycles. The van der Waals surface area contributed by atoms with Crippen molar-refractivity contribution < 1.29 is 4.74 Å². The number of rotatable bonds is 8. The Morgan fingerprint density at radius 1 is 1.37 bits per heavy atom. The Kier molecular flexibility index (Phi) is 6.40. The molecule has 0 radical (unpaired) electrons. The van der Waals surface area contributed by atoms with E-state index in [1.807, 2.05) is 25.1 Å². The summed E-state index contributed by atoms with van der Waals surface area (Å²) in [5.41, 5.74) is 7.40. The molecule has 1 atom stereocenters. The number of nitrogens with two attached hydrogens (primary N) is 1. The minimum atomic E-state index is 0.0697. The summed E-state index contributed by atoms with van der Waals surface area (Å²) in [6, 6.07) is 5.82. The van der Waals surface area contributed by atoms with E-state index in [9.17, 15) is 0 Å². The highest BCUT2D eigenvalue weighted by Crippen LogP contribution is 2.22. The van der Waals surface area contributed by atoms with E-state index in [0.29, 0.717) is 18.1 Å². The lowest BCUT2D eigenvalue weighted by molar-refractivity contribution is 0.233. The van der Waals surface area contributed by atoms with Gasteiger partial charge < -0.3 is 10.5 Å². The second kappa shape index (κ2) is 7.82. The number of ether oxygens (including phenoxy) is 1. The first-order valence-corrected chi connectivity index (χ1v) is 7.16. The van der Waals surface area contributed by atoms with Gasteiger partial charge in [-0.05, 0) is 31.4 Å². The molecule has 1 aromatic carbocycles. The number of hydrogen-bond donors (Lipinski definition) is 2. The molecule has 0 spiro atoms. The van der Waals surface area contributed by atoms with Crippen molar-refractivity contribution in [2.24, 2.45) is 11.7 Å². The maximum atomic E-state index is 7.61. The van der Waals surface area contributed by atoms with E-state index in [-0.39, 0.29) is 5.84 Å². The topological polar surface area (TPSA) is 59.1 Å². The highest BCUT2D eigenvalue weighted by atomic mass is 16.5. The van der Waals surface area contributed by atoms with Crippen molar-refractivity contribution in [2.45, 2.75) is 46.5 Å². The molecule has 19 heavy (non-hydrogen) atoms. The molecule has 0 bridgehead atoms. The van der Waals surface area contributed by atoms with Gasteiger partial charge in [0.15, 0.2) is 0 Å². The van der Waals surface area contributed by atoms with Crippen molar-refractivity contribution in [2.75, 3.05) is 6.61 Å². The van der Waals surface area contributed by atoms with E-state index in [4.69, 9.17) is 15.9 Å². The largest absolute Gasteiger partial charge is 0.493 e. The smallest absolute Gasteiger partial charge is 0.130 e. The Bertz CT molecular complexity index is 415. The second-order valence-corrected chi connectivity index (χ2v) is 5.14. The molecular weight excluding hydrogens is 236 g/mol. The molecule has 0 saturated heterocycles. The Balaban J connectivity index is 2.68. The summed E-state index contributed by atoms with van der Waals surface area (Å²) in [5.74, 6) is 1.38. The zero-order chi connectivity index (χ0) is 14.3. The fraction of sp³-hybridized carbons (Fsp3) is 0.562. The number of unbranched alkanes of at least 4 members (excludes halogenated alkanes) is 1. The van der Waals surface area contributed by atoms with Gasteiger partial charge in [-0.3, -0.25) is 5.41 Å². The SMILES string of the molecule is CCCCC(CC)COc1ccc(C)cc1C(=N)N. The fourth-order valence-corrected chi connectivity index (χ4v) is 2.09. The lowest BCUT2D eigenvalue weighted by Gasteiger charge is -2.17. The first-order chi connectivity index (χ1) is 9.08. The first kappa shape index (κ1) is 15.5. The van der Waals surface area contributed by atoms with E-state index >= 15 is 0 Å². The van der Waals surface area contributed by atoms with Crippen LogP contribution in [0.15, 0.2) is 18.2 Å². The predicted octanol–water partition coefficient (Wildman–Crippen LogP) is 3.87. The van der Waals surface area contributed by atoms with Crippen molar-refractivity contribution in [3.05, 3.63) is 29.3 Å². The third-order valence-electron chi connectivity index (χ3n) is 3.44. The van der Waals surface area contributed by atoms with Crippen LogP contribution in [0.25, 0.3) is 0 Å². The van der Waals surface area contributed by atoms with Crippen molar-refractivity contribution in [1.82, 2.24) is 0 Å². The van der Waals surface area contributed by atoms with Gasteiger partial charge in [0, 0.05) is 0 Å². The van der Waals surface area contributed by atoms with Crippen LogP contribution in [0.3, 0.4) is 0 Å². The number of benzene rings is 1. The van der Waals surface area contributed by atoms with Crippen molar-refractivity contribution in [3.8, 4) is 5.75 Å². The summed E-state index contributed by atoms with van der Waals surface area (Å²) in [6.45, 7) is 7.11. The lowest BCUT2D eigenvalue weighted by Crippen LogP contribution is -2.16. The van der Waals surface area contributed by atoms with Crippen LogP contribution in [0, 0.1) is 18.3 Å². The van der Waals surface area contributed by atoms with Crippen molar-refractivity contribution in [3.63, 3.8) is 0 Å². The maximum absolute atomic E-state index is 7.61. The molecule has 1 rings (SSSR count). The second-order valence-electron chi connectivity index (χ2n) is 5.14. The van der Waals surface area contributed by atoms with Gasteiger partial charge in [-0.2, -0.15) is 0 Å². The summed E-state index contributed by atoms with van der Waals surface area (Å²) in [4.78, 5) is 0. The summed E-state index contributed by atoms with van der Waals surface area (Å²) >= 11 is 0. The molecule has 106 valence electrons. The summed E-state index contributed by atoms with van der Waals surface area (Å²) in [7, 11) is 0. The fourth-order valence-electron chi connectivity index (χ4n) is 2.09. The normalized spacial score (nSPS) is 12.2. The monoisotopic (exact) mass is 262 g/mol. The zero-order valence-corrected chi connectivity index (χ0v) is 12.3. The molecule has 0 fully saturated rings. The van der Waals surface area contributed by atoms with E-state index in [1.54, 1.807) is 0 Å². The third-order valence-corrected chi connectivity index (χ3v) is 3.44. The standard InChI is InChI=1S/C16H26N2O/c1-4-6-7-13(5-2)11-19-15-9-8-12(3)10-14(15)16(17)18/h8-10,13H,4-7,11H2,1-3H3,(H3,17,18). The van der Waals surface area contributed by atoms with Gasteiger partial charge >= 0.3 is 0 Å². The summed E-state index contributed by atoms with van der Waals surface area (Å²) in [5, 5.41) is 7.61. The first-order valence-electron chi connectivity index (χ1n) is 7.16. The van der Waals surface area contributed by atoms with Crippen LogP contribution < -0.4 is 10.5 Å². The van der Waals surface area contributed by atoms with Crippen molar-refractivity contribution >= 4 is 5.84 Å². The number of aryl methyl sites for hydroxylation is 1. The number of hydrogen-bond acceptors (Lipinski definition) is 2. The molecule has 0 amide bonds. The van der Waals surface area contributed by atoms with Crippen LogP contribution >= 0.6 is 0 Å². The molecule has 0 heterocycles. The Morgan fingerprint density at radius 3 is 2.68 bits per heavy atom. The van der Waals surface area contributed by atoms with Crippen molar-refractivity contribution in [1.29, 1.82) is 5.41 Å². The van der Waals surface area contributed by atoms with Gasteiger partial charge in [-0.1, -0.05) is 44.7 Å². The van der Waals surface area contributed by atoms with Gasteiger partial charge in [0.25, 0.3) is 0 Å². The van der Waals surface area contributed by atoms with Crippen LogP contribution in [0.4, 0.5) is 0 Å². The van der Waals surface area contributed by atoms with Crippen LogP contribution in [-0.4, -0.2) is 12.4 Å². The van der Waals surface area contributed by atoms with E-state index in [0.717, 1.165) is 17.7 Å². The Labute approximate surface area is 116 Å². The van der Waals surface area contributed by atoms with E-state index < -0.39 is 0 Å². The molecule has 1 unspecified atom stereocenters. The molecule has 1 aromatic rings. The number of amidine groups is 1. The minimum absolute atomic E-state index is 0.0697. The van der Waals surface area contributed by atoms with Crippen LogP contribution in [-0.2, 0) is 0 Å². The van der Waals surface area contributed by atoms with Gasteiger partial charge in [0.2, 0.25) is 0 Å². The molecule has 0 aliphatic heterocycles. The Hall–Kier alpha value is -1.51. The van der Waals surface area contributed by atoms with Crippen LogP contribution in [0.1, 0.15) is 50.7 Å². The number of nitrogen functional groups attached to an aromatic ring is 1. The Morgan fingerprint density at radius 2 is 2.11 bits per heavy atom. The van der Waals surface area contributed by atoms with E-state index in [2.05, 4.69) is 13.8 Å². The van der Waals surface area contributed by atoms with Gasteiger partial charge in [-0.25, -0.2) is 0 Å². The van der Waals surface area contributed by atoms with Gasteiger partial charge in [-0.15, -0.1) is 0 Å². The average Bonchev–Trinajstić information content (AvgIpc) is 2.40. The number of nitrogens with one attached hydrogen (secondary N) is 1. The minimum Gasteiger partial charge on any atom is -0.493 e. The molecule has 3 nitrogen and oxygen atoms in total. The third kappa shape index (κ3) is 4.93. The highest BCUT2D eigenvalue weighted by Gasteiger charge is 2.11. The van der Waals surface area contributed by atoms with E-state index in [1.165, 1.54) is 19.3 Å². The molecule has 3 heteroatoms.